The minimum absolute atomic E-state index is 0.239. The van der Waals surface area contributed by atoms with Crippen molar-refractivity contribution in [3.63, 3.8) is 0 Å². The van der Waals surface area contributed by atoms with Gasteiger partial charge in [-0.15, -0.1) is 0 Å². The number of hydrogen-bond acceptors (Lipinski definition) is 4. The number of aromatic nitrogens is 2. The molecule has 2 heterocycles. The molecule has 1 aliphatic heterocycles. The molecule has 0 fully saturated rings. The molecule has 0 radical (unpaired) electrons. The molecule has 7 heteroatoms. The normalized spacial score (nSPS) is 15.9. The number of urea groups is 1. The molecule has 1 atom stereocenters. The van der Waals surface area contributed by atoms with E-state index >= 15 is 0 Å². The molecule has 0 bridgehead atoms. The van der Waals surface area contributed by atoms with Crippen LogP contribution >= 0.6 is 11.6 Å². The van der Waals surface area contributed by atoms with Gasteiger partial charge >= 0.3 is 6.03 Å². The van der Waals surface area contributed by atoms with Crippen molar-refractivity contribution in [1.82, 2.24) is 15.5 Å². The third kappa shape index (κ3) is 4.45. The van der Waals surface area contributed by atoms with E-state index in [-0.39, 0.29) is 6.03 Å². The summed E-state index contributed by atoms with van der Waals surface area (Å²) in [4.78, 5) is 19.7. The zero-order valence-electron chi connectivity index (χ0n) is 19.7. The van der Waals surface area contributed by atoms with Crippen molar-refractivity contribution in [3.8, 4) is 11.4 Å². The lowest BCUT2D eigenvalue weighted by molar-refractivity contribution is 0.244. The molecule has 1 aromatic heterocycles. The molecule has 176 valence electrons. The average molecular weight is 485 g/mol. The lowest BCUT2D eigenvalue weighted by Crippen LogP contribution is -2.46. The number of benzene rings is 3. The largest absolute Gasteiger partial charge is 0.334 e. The first kappa shape index (κ1) is 22.9. The van der Waals surface area contributed by atoms with Gasteiger partial charge in [-0.25, -0.2) is 4.79 Å². The predicted molar refractivity (Wildman–Crippen MR) is 138 cm³/mol. The van der Waals surface area contributed by atoms with Gasteiger partial charge in [-0.1, -0.05) is 72.2 Å². The van der Waals surface area contributed by atoms with Crippen LogP contribution in [0.25, 0.3) is 17.0 Å². The molecule has 0 aliphatic carbocycles. The van der Waals surface area contributed by atoms with Gasteiger partial charge in [-0.05, 0) is 61.2 Å². The maximum atomic E-state index is 13.3. The number of amides is 2. The van der Waals surface area contributed by atoms with Crippen LogP contribution < -0.4 is 10.2 Å². The first-order valence-electron chi connectivity index (χ1n) is 11.5. The Morgan fingerprint density at radius 1 is 1.03 bits per heavy atom. The van der Waals surface area contributed by atoms with Crippen LogP contribution in [0.5, 0.6) is 0 Å². The summed E-state index contributed by atoms with van der Waals surface area (Å²) in [5.74, 6) is 0.839. The van der Waals surface area contributed by atoms with Crippen molar-refractivity contribution in [2.75, 3.05) is 4.90 Å². The number of aryl methyl sites for hydroxylation is 2. The van der Waals surface area contributed by atoms with E-state index in [1.807, 2.05) is 68.4 Å². The number of allylic oxidation sites excluding steroid dienone is 1. The van der Waals surface area contributed by atoms with E-state index in [4.69, 9.17) is 21.1 Å². The van der Waals surface area contributed by atoms with Gasteiger partial charge in [-0.3, -0.25) is 4.90 Å². The second-order valence-electron chi connectivity index (χ2n) is 8.58. The number of carbonyl (C=O) groups excluding carboxylic acids is 1. The summed E-state index contributed by atoms with van der Waals surface area (Å²) in [5, 5.41) is 7.94. The number of halogens is 1. The Hall–Kier alpha value is -3.90. The van der Waals surface area contributed by atoms with Crippen molar-refractivity contribution in [2.45, 2.75) is 33.2 Å². The quantitative estimate of drug-likeness (QED) is 0.332. The summed E-state index contributed by atoms with van der Waals surface area (Å²) in [6.07, 6.45) is 0.958. The minimum atomic E-state index is -0.502. The summed E-state index contributed by atoms with van der Waals surface area (Å²) in [6, 6.07) is 22.6. The molecule has 0 spiro atoms. The molecule has 1 N–H and O–H groups in total. The molecule has 1 aliphatic rings. The average Bonchev–Trinajstić information content (AvgIpc) is 3.33. The molecule has 4 aromatic rings. The van der Waals surface area contributed by atoms with Gasteiger partial charge in [0.15, 0.2) is 0 Å². The van der Waals surface area contributed by atoms with Gasteiger partial charge in [0, 0.05) is 16.3 Å². The highest BCUT2D eigenvalue weighted by Crippen LogP contribution is 2.39. The van der Waals surface area contributed by atoms with Gasteiger partial charge in [0.25, 0.3) is 5.89 Å². The Balaban J connectivity index is 1.64. The molecule has 1 unspecified atom stereocenters. The van der Waals surface area contributed by atoms with Gasteiger partial charge in [0.05, 0.1) is 17.3 Å². The van der Waals surface area contributed by atoms with Crippen LogP contribution in [0.1, 0.15) is 42.5 Å². The first-order valence-corrected chi connectivity index (χ1v) is 11.9. The smallest absolute Gasteiger partial charge is 0.326 e. The van der Waals surface area contributed by atoms with Gasteiger partial charge in [0.1, 0.15) is 0 Å². The second-order valence-corrected chi connectivity index (χ2v) is 9.02. The topological polar surface area (TPSA) is 71.3 Å². The van der Waals surface area contributed by atoms with Crippen molar-refractivity contribution in [1.29, 1.82) is 0 Å². The maximum absolute atomic E-state index is 13.3. The Bertz CT molecular complexity index is 1420. The molecule has 0 saturated heterocycles. The molecule has 3 aromatic carbocycles. The minimum Gasteiger partial charge on any atom is -0.334 e. The standard InChI is InChI=1S/C28H25ClN4O2/c1-4-19-11-13-20(14-12-19)26-31-27(35-32-26)24-18(3)33(23-10-5-7-17(2)15-23)28(34)30-25(24)21-8-6-9-22(29)16-21/h5-16,25H,4H2,1-3H3,(H,30,34). The van der Waals surface area contributed by atoms with Crippen molar-refractivity contribution in [3.05, 3.63) is 106 Å². The van der Waals surface area contributed by atoms with E-state index in [9.17, 15) is 4.79 Å². The molecule has 2 amide bonds. The number of anilines is 1. The van der Waals surface area contributed by atoms with E-state index < -0.39 is 6.04 Å². The highest BCUT2D eigenvalue weighted by Gasteiger charge is 2.36. The summed E-state index contributed by atoms with van der Waals surface area (Å²) in [6.45, 7) is 6.01. The van der Waals surface area contributed by atoms with E-state index in [1.54, 1.807) is 11.0 Å². The number of nitrogens with one attached hydrogen (secondary N) is 1. The number of hydrogen-bond donors (Lipinski definition) is 1. The summed E-state index contributed by atoms with van der Waals surface area (Å²) < 4.78 is 5.78. The fraction of sp³-hybridized carbons (Fsp3) is 0.179. The highest BCUT2D eigenvalue weighted by molar-refractivity contribution is 6.30. The van der Waals surface area contributed by atoms with Crippen LogP contribution in [-0.4, -0.2) is 16.2 Å². The van der Waals surface area contributed by atoms with Crippen LogP contribution in [0.3, 0.4) is 0 Å². The third-order valence-electron chi connectivity index (χ3n) is 6.20. The van der Waals surface area contributed by atoms with Crippen LogP contribution in [0.2, 0.25) is 5.02 Å². The van der Waals surface area contributed by atoms with Crippen LogP contribution in [0.15, 0.2) is 83.0 Å². The highest BCUT2D eigenvalue weighted by atomic mass is 35.5. The Morgan fingerprint density at radius 3 is 2.51 bits per heavy atom. The molecular weight excluding hydrogens is 460 g/mol. The number of nitrogens with zero attached hydrogens (tertiary/aromatic N) is 3. The van der Waals surface area contributed by atoms with E-state index in [0.29, 0.717) is 22.4 Å². The van der Waals surface area contributed by atoms with Gasteiger partial charge < -0.3 is 9.84 Å². The monoisotopic (exact) mass is 484 g/mol. The summed E-state index contributed by atoms with van der Waals surface area (Å²) in [7, 11) is 0. The van der Waals surface area contributed by atoms with Crippen LogP contribution in [0.4, 0.5) is 10.5 Å². The molecule has 6 nitrogen and oxygen atoms in total. The van der Waals surface area contributed by atoms with Crippen molar-refractivity contribution >= 4 is 28.9 Å². The van der Waals surface area contributed by atoms with E-state index in [1.165, 1.54) is 5.56 Å². The van der Waals surface area contributed by atoms with Gasteiger partial charge in [-0.2, -0.15) is 4.98 Å². The van der Waals surface area contributed by atoms with Gasteiger partial charge in [0.2, 0.25) is 5.82 Å². The Morgan fingerprint density at radius 2 is 1.80 bits per heavy atom. The van der Waals surface area contributed by atoms with Crippen molar-refractivity contribution in [2.24, 2.45) is 0 Å². The second kappa shape index (κ2) is 9.39. The van der Waals surface area contributed by atoms with E-state index in [2.05, 4.69) is 29.5 Å². The molecular formula is C28H25ClN4O2. The Labute approximate surface area is 209 Å². The van der Waals surface area contributed by atoms with Crippen LogP contribution in [0, 0.1) is 6.92 Å². The maximum Gasteiger partial charge on any atom is 0.326 e. The number of carbonyl (C=O) groups is 1. The lowest BCUT2D eigenvalue weighted by atomic mass is 9.94. The lowest BCUT2D eigenvalue weighted by Gasteiger charge is -2.35. The van der Waals surface area contributed by atoms with E-state index in [0.717, 1.165) is 34.4 Å². The Kier molecular flexibility index (Phi) is 6.14. The molecule has 35 heavy (non-hydrogen) atoms. The zero-order chi connectivity index (χ0) is 24.5. The molecule has 0 saturated carbocycles. The fourth-order valence-electron chi connectivity index (χ4n) is 4.37. The third-order valence-corrected chi connectivity index (χ3v) is 6.44. The molecule has 5 rings (SSSR count). The van der Waals surface area contributed by atoms with Crippen molar-refractivity contribution < 1.29 is 9.32 Å². The van der Waals surface area contributed by atoms with Crippen LogP contribution in [-0.2, 0) is 6.42 Å². The SMILES string of the molecule is CCc1ccc(-c2noc(C3=C(C)N(c4cccc(C)c4)C(=O)NC3c3cccc(Cl)c3)n2)cc1. The number of rotatable bonds is 5. The summed E-state index contributed by atoms with van der Waals surface area (Å²) in [5.41, 5.74) is 6.18. The predicted octanol–water partition coefficient (Wildman–Crippen LogP) is 6.96. The zero-order valence-corrected chi connectivity index (χ0v) is 20.5. The first-order chi connectivity index (χ1) is 16.9. The summed E-state index contributed by atoms with van der Waals surface area (Å²) >= 11 is 6.29. The fourth-order valence-corrected chi connectivity index (χ4v) is 4.57.